The maximum atomic E-state index is 10.5. The second-order valence-corrected chi connectivity index (χ2v) is 2.09. The smallest absolute Gasteiger partial charge is 0.234 e. The lowest BCUT2D eigenvalue weighted by molar-refractivity contribution is -0.123. The zero-order valence-corrected chi connectivity index (χ0v) is 6.09. The molecule has 0 aromatic carbocycles. The van der Waals surface area contributed by atoms with Crippen LogP contribution in [0, 0.1) is 0 Å². The molecule has 0 aromatic rings. The van der Waals surface area contributed by atoms with Crippen LogP contribution in [0.1, 0.15) is 0 Å². The minimum Gasteiger partial charge on any atom is -0.354 e. The van der Waals surface area contributed by atoms with Gasteiger partial charge in [-0.2, -0.15) is 0 Å². The Morgan fingerprint density at radius 2 is 2.20 bits per heavy atom. The zero-order chi connectivity index (χ0) is 7.98. The van der Waals surface area contributed by atoms with Crippen molar-refractivity contribution in [2.45, 2.75) is 0 Å². The van der Waals surface area contributed by atoms with Gasteiger partial charge in [-0.3, -0.25) is 9.69 Å². The fourth-order valence-corrected chi connectivity index (χ4v) is 0.766. The van der Waals surface area contributed by atoms with Crippen LogP contribution >= 0.6 is 0 Å². The normalized spacial score (nSPS) is 18.7. The first-order valence-corrected chi connectivity index (χ1v) is 3.03. The summed E-state index contributed by atoms with van der Waals surface area (Å²) in [6.07, 6.45) is 0. The van der Waals surface area contributed by atoms with Crippen molar-refractivity contribution in [3.05, 3.63) is 0 Å². The number of amides is 1. The highest BCUT2D eigenvalue weighted by molar-refractivity contribution is 5.78. The van der Waals surface area contributed by atoms with E-state index in [0.29, 0.717) is 6.54 Å². The van der Waals surface area contributed by atoms with E-state index >= 15 is 0 Å². The van der Waals surface area contributed by atoms with Crippen LogP contribution in [0.2, 0.25) is 0 Å². The van der Waals surface area contributed by atoms with Crippen LogP contribution in [0.3, 0.4) is 0 Å². The lowest BCUT2D eigenvalue weighted by atomic mass is 10.4. The van der Waals surface area contributed by atoms with Gasteiger partial charge in [-0.15, -0.1) is 0 Å². The molecular formula is C6H12N2O2. The number of piperazine rings is 1. The minimum absolute atomic E-state index is 0.138. The van der Waals surface area contributed by atoms with E-state index in [1.54, 1.807) is 0 Å². The van der Waals surface area contributed by atoms with Crippen molar-refractivity contribution in [1.82, 2.24) is 10.2 Å². The van der Waals surface area contributed by atoms with Crippen molar-refractivity contribution < 1.29 is 9.59 Å². The van der Waals surface area contributed by atoms with E-state index < -0.39 is 0 Å². The van der Waals surface area contributed by atoms with Crippen LogP contribution < -0.4 is 5.32 Å². The highest BCUT2D eigenvalue weighted by Crippen LogP contribution is 1.85. The van der Waals surface area contributed by atoms with E-state index in [-0.39, 0.29) is 5.91 Å². The summed E-state index contributed by atoms with van der Waals surface area (Å²) in [7, 11) is 1.94. The Hall–Kier alpha value is -0.900. The predicted molar refractivity (Wildman–Crippen MR) is 37.6 cm³/mol. The van der Waals surface area contributed by atoms with E-state index in [1.807, 2.05) is 18.7 Å². The average molecular weight is 144 g/mol. The van der Waals surface area contributed by atoms with Crippen molar-refractivity contribution in [2.75, 3.05) is 26.7 Å². The molecule has 0 spiro atoms. The monoisotopic (exact) mass is 144 g/mol. The first kappa shape index (κ1) is 9.10. The third-order valence-electron chi connectivity index (χ3n) is 1.23. The molecule has 1 heterocycles. The molecule has 0 bridgehead atoms. The fraction of sp³-hybridized carbons (Fsp3) is 0.667. The van der Waals surface area contributed by atoms with Crippen molar-refractivity contribution in [1.29, 1.82) is 0 Å². The molecule has 0 aliphatic carbocycles. The van der Waals surface area contributed by atoms with Crippen molar-refractivity contribution in [3.8, 4) is 0 Å². The number of carbonyl (C=O) groups is 2. The van der Waals surface area contributed by atoms with Crippen molar-refractivity contribution in [2.24, 2.45) is 0 Å². The van der Waals surface area contributed by atoms with E-state index in [1.165, 1.54) is 0 Å². The molecule has 10 heavy (non-hydrogen) atoms. The average Bonchev–Trinajstić information content (AvgIpc) is 1.91. The molecule has 1 saturated heterocycles. The number of nitrogens with one attached hydrogen (secondary N) is 1. The molecule has 0 unspecified atom stereocenters. The number of likely N-dealkylation sites (N-methyl/N-ethyl adjacent to an activating group) is 1. The maximum Gasteiger partial charge on any atom is 0.234 e. The lowest BCUT2D eigenvalue weighted by Gasteiger charge is -2.21. The van der Waals surface area contributed by atoms with Crippen LogP contribution in [-0.2, 0) is 9.59 Å². The van der Waals surface area contributed by atoms with Gasteiger partial charge in [0.1, 0.15) is 6.79 Å². The van der Waals surface area contributed by atoms with Gasteiger partial charge >= 0.3 is 0 Å². The van der Waals surface area contributed by atoms with Crippen molar-refractivity contribution >= 4 is 12.7 Å². The van der Waals surface area contributed by atoms with Gasteiger partial charge in [0.15, 0.2) is 0 Å². The van der Waals surface area contributed by atoms with Crippen LogP contribution in [0.25, 0.3) is 0 Å². The van der Waals surface area contributed by atoms with Gasteiger partial charge in [-0.05, 0) is 7.05 Å². The second-order valence-electron chi connectivity index (χ2n) is 2.09. The van der Waals surface area contributed by atoms with Gasteiger partial charge in [0.25, 0.3) is 0 Å². The summed E-state index contributed by atoms with van der Waals surface area (Å²) in [5, 5.41) is 2.73. The van der Waals surface area contributed by atoms with Gasteiger partial charge in [0.05, 0.1) is 6.54 Å². The first-order chi connectivity index (χ1) is 4.79. The summed E-state index contributed by atoms with van der Waals surface area (Å²) in [6.45, 7) is 4.33. The summed E-state index contributed by atoms with van der Waals surface area (Å²) < 4.78 is 0. The van der Waals surface area contributed by atoms with Crippen LogP contribution in [0.5, 0.6) is 0 Å². The number of carbonyl (C=O) groups excluding carboxylic acids is 2. The summed E-state index contributed by atoms with van der Waals surface area (Å²) in [5.41, 5.74) is 0. The highest BCUT2D eigenvalue weighted by Gasteiger charge is 2.10. The largest absolute Gasteiger partial charge is 0.354 e. The topological polar surface area (TPSA) is 49.4 Å². The number of nitrogens with zero attached hydrogens (tertiary/aromatic N) is 1. The number of rotatable bonds is 0. The lowest BCUT2D eigenvalue weighted by Crippen LogP contribution is -2.45. The summed E-state index contributed by atoms with van der Waals surface area (Å²) in [6, 6.07) is 0. The van der Waals surface area contributed by atoms with E-state index in [9.17, 15) is 4.79 Å². The van der Waals surface area contributed by atoms with Crippen molar-refractivity contribution in [3.63, 3.8) is 0 Å². The Balaban J connectivity index is 0.000000371. The Labute approximate surface area is 60.2 Å². The predicted octanol–water partition coefficient (Wildman–Crippen LogP) is -1.14. The van der Waals surface area contributed by atoms with Gasteiger partial charge < -0.3 is 10.1 Å². The molecule has 1 amide bonds. The third-order valence-corrected chi connectivity index (χ3v) is 1.23. The molecule has 4 nitrogen and oxygen atoms in total. The Morgan fingerprint density at radius 3 is 2.50 bits per heavy atom. The second kappa shape index (κ2) is 4.93. The fourth-order valence-electron chi connectivity index (χ4n) is 0.766. The Kier molecular flexibility index (Phi) is 4.49. The Bertz CT molecular complexity index is 116. The minimum atomic E-state index is 0.138. The molecule has 1 rings (SSSR count). The standard InChI is InChI=1S/C5H10N2O.CH2O/c1-7-3-2-6-5(8)4-7;1-2/h2-4H2,1H3,(H,6,8);1H2. The molecule has 1 N–H and O–H groups in total. The van der Waals surface area contributed by atoms with Gasteiger partial charge in [-0.25, -0.2) is 0 Å². The van der Waals surface area contributed by atoms with E-state index in [2.05, 4.69) is 5.32 Å². The summed E-state index contributed by atoms with van der Waals surface area (Å²) >= 11 is 0. The molecule has 1 aliphatic rings. The molecule has 58 valence electrons. The Morgan fingerprint density at radius 1 is 1.60 bits per heavy atom. The molecular weight excluding hydrogens is 132 g/mol. The summed E-state index contributed by atoms with van der Waals surface area (Å²) in [5.74, 6) is 0.138. The molecule has 0 radical (unpaired) electrons. The van der Waals surface area contributed by atoms with Gasteiger partial charge in [0, 0.05) is 13.1 Å². The van der Waals surface area contributed by atoms with Gasteiger partial charge in [0.2, 0.25) is 5.91 Å². The molecule has 1 aliphatic heterocycles. The van der Waals surface area contributed by atoms with Crippen LogP contribution in [0.15, 0.2) is 0 Å². The number of hydrogen-bond acceptors (Lipinski definition) is 3. The summed E-state index contributed by atoms with van der Waals surface area (Å²) in [4.78, 5) is 20.5. The molecule has 0 saturated carbocycles. The maximum absolute atomic E-state index is 10.5. The van der Waals surface area contributed by atoms with E-state index in [4.69, 9.17) is 4.79 Å². The molecule has 0 aromatic heterocycles. The molecule has 0 atom stereocenters. The quantitative estimate of drug-likeness (QED) is 0.467. The highest BCUT2D eigenvalue weighted by atomic mass is 16.2. The molecule has 4 heteroatoms. The van der Waals surface area contributed by atoms with Crippen LogP contribution in [0.4, 0.5) is 0 Å². The van der Waals surface area contributed by atoms with Gasteiger partial charge in [-0.1, -0.05) is 0 Å². The first-order valence-electron chi connectivity index (χ1n) is 3.03. The van der Waals surface area contributed by atoms with Crippen LogP contribution in [-0.4, -0.2) is 44.3 Å². The zero-order valence-electron chi connectivity index (χ0n) is 6.09. The molecule has 1 fully saturated rings. The SMILES string of the molecule is C=O.CN1CCNC(=O)C1. The third kappa shape index (κ3) is 3.19. The van der Waals surface area contributed by atoms with E-state index in [0.717, 1.165) is 13.1 Å². The number of hydrogen-bond donors (Lipinski definition) is 1.